The summed E-state index contributed by atoms with van der Waals surface area (Å²) in [6, 6.07) is 2.01. The number of aryl methyl sites for hydroxylation is 1. The first-order valence-corrected chi connectivity index (χ1v) is 6.87. The SMILES string of the molecule is CCNC(c1ccoc1Br)c1c(Br)cnn1C. The highest BCUT2D eigenvalue weighted by atomic mass is 79.9. The van der Waals surface area contributed by atoms with Crippen LogP contribution < -0.4 is 5.32 Å². The molecule has 0 saturated carbocycles. The fraction of sp³-hybridized carbons (Fsp3) is 0.364. The summed E-state index contributed by atoms with van der Waals surface area (Å²) in [5.41, 5.74) is 2.14. The quantitative estimate of drug-likeness (QED) is 0.907. The molecule has 0 amide bonds. The van der Waals surface area contributed by atoms with Gasteiger partial charge in [-0.25, -0.2) is 0 Å². The summed E-state index contributed by atoms with van der Waals surface area (Å²) in [4.78, 5) is 0. The highest BCUT2D eigenvalue weighted by Crippen LogP contribution is 2.32. The molecular weight excluding hydrogens is 350 g/mol. The molecule has 0 aliphatic carbocycles. The van der Waals surface area contributed by atoms with Gasteiger partial charge in [0.15, 0.2) is 4.67 Å². The number of nitrogens with one attached hydrogen (secondary N) is 1. The Labute approximate surface area is 117 Å². The van der Waals surface area contributed by atoms with Crippen molar-refractivity contribution >= 4 is 31.9 Å². The molecule has 1 N–H and O–H groups in total. The van der Waals surface area contributed by atoms with E-state index in [0.29, 0.717) is 0 Å². The predicted octanol–water partition coefficient (Wildman–Crippen LogP) is 3.24. The van der Waals surface area contributed by atoms with Crippen LogP contribution in [0, 0.1) is 0 Å². The van der Waals surface area contributed by atoms with Crippen molar-refractivity contribution in [2.24, 2.45) is 7.05 Å². The highest BCUT2D eigenvalue weighted by Gasteiger charge is 2.23. The monoisotopic (exact) mass is 361 g/mol. The Morgan fingerprint density at radius 2 is 2.29 bits per heavy atom. The van der Waals surface area contributed by atoms with Gasteiger partial charge in [0, 0.05) is 12.6 Å². The van der Waals surface area contributed by atoms with Crippen molar-refractivity contribution < 1.29 is 4.42 Å². The summed E-state index contributed by atoms with van der Waals surface area (Å²) in [7, 11) is 1.93. The fourth-order valence-corrected chi connectivity index (χ4v) is 2.86. The van der Waals surface area contributed by atoms with E-state index >= 15 is 0 Å². The number of nitrogens with zero attached hydrogens (tertiary/aromatic N) is 2. The van der Waals surface area contributed by atoms with Crippen molar-refractivity contribution in [2.45, 2.75) is 13.0 Å². The molecule has 4 nitrogen and oxygen atoms in total. The second kappa shape index (κ2) is 5.37. The zero-order chi connectivity index (χ0) is 12.4. The maximum atomic E-state index is 5.30. The van der Waals surface area contributed by atoms with E-state index in [0.717, 1.165) is 26.9 Å². The highest BCUT2D eigenvalue weighted by molar-refractivity contribution is 9.10. The first-order chi connectivity index (χ1) is 8.15. The van der Waals surface area contributed by atoms with Crippen LogP contribution in [0.15, 0.2) is 32.1 Å². The Bertz CT molecular complexity index is 487. The summed E-state index contributed by atoms with van der Waals surface area (Å²) in [6.07, 6.45) is 3.47. The zero-order valence-corrected chi connectivity index (χ0v) is 12.7. The third kappa shape index (κ3) is 2.48. The number of hydrogen-bond acceptors (Lipinski definition) is 3. The van der Waals surface area contributed by atoms with Crippen LogP contribution in [0.2, 0.25) is 0 Å². The van der Waals surface area contributed by atoms with Gasteiger partial charge in [-0.05, 0) is 44.5 Å². The molecule has 0 bridgehead atoms. The van der Waals surface area contributed by atoms with Crippen LogP contribution >= 0.6 is 31.9 Å². The molecule has 0 radical (unpaired) electrons. The summed E-state index contributed by atoms with van der Waals surface area (Å²) >= 11 is 6.95. The van der Waals surface area contributed by atoms with E-state index in [1.807, 2.05) is 17.8 Å². The van der Waals surface area contributed by atoms with Crippen LogP contribution in [0.25, 0.3) is 0 Å². The lowest BCUT2D eigenvalue weighted by atomic mass is 10.1. The average molecular weight is 363 g/mol. The number of furan rings is 1. The number of aromatic nitrogens is 2. The fourth-order valence-electron chi connectivity index (χ4n) is 1.81. The minimum Gasteiger partial charge on any atom is -0.457 e. The van der Waals surface area contributed by atoms with Gasteiger partial charge in [-0.15, -0.1) is 0 Å². The topological polar surface area (TPSA) is 43.0 Å². The van der Waals surface area contributed by atoms with Gasteiger partial charge in [-0.1, -0.05) is 6.92 Å². The average Bonchev–Trinajstić information content (AvgIpc) is 2.84. The Hall–Kier alpha value is -0.590. The van der Waals surface area contributed by atoms with Crippen LogP contribution in [-0.2, 0) is 7.05 Å². The first kappa shape index (κ1) is 12.9. The van der Waals surface area contributed by atoms with Gasteiger partial charge in [0.05, 0.1) is 28.7 Å². The molecule has 2 heterocycles. The number of halogens is 2. The summed E-state index contributed by atoms with van der Waals surface area (Å²) in [5, 5.41) is 7.67. The first-order valence-electron chi connectivity index (χ1n) is 5.28. The van der Waals surface area contributed by atoms with E-state index in [2.05, 4.69) is 49.2 Å². The Morgan fingerprint density at radius 1 is 1.53 bits per heavy atom. The van der Waals surface area contributed by atoms with Crippen LogP contribution in [0.1, 0.15) is 24.2 Å². The van der Waals surface area contributed by atoms with Gasteiger partial charge in [0.25, 0.3) is 0 Å². The standard InChI is InChI=1S/C11H13Br2N3O/c1-3-14-9(7-4-5-17-11(7)13)10-8(12)6-15-16(10)2/h4-6,9,14H,3H2,1-2H3. The maximum Gasteiger partial charge on any atom is 0.174 e. The van der Waals surface area contributed by atoms with E-state index in [-0.39, 0.29) is 6.04 Å². The molecule has 0 fully saturated rings. The van der Waals surface area contributed by atoms with Crippen molar-refractivity contribution in [3.8, 4) is 0 Å². The van der Waals surface area contributed by atoms with Crippen LogP contribution in [0.3, 0.4) is 0 Å². The zero-order valence-electron chi connectivity index (χ0n) is 9.58. The maximum absolute atomic E-state index is 5.30. The smallest absolute Gasteiger partial charge is 0.174 e. The second-order valence-corrected chi connectivity index (χ2v) is 5.22. The van der Waals surface area contributed by atoms with Crippen LogP contribution in [0.5, 0.6) is 0 Å². The molecular formula is C11H13Br2N3O. The van der Waals surface area contributed by atoms with E-state index in [1.165, 1.54) is 0 Å². The van der Waals surface area contributed by atoms with Gasteiger partial charge in [-0.3, -0.25) is 4.68 Å². The predicted molar refractivity (Wildman–Crippen MR) is 72.8 cm³/mol. The number of hydrogen-bond donors (Lipinski definition) is 1. The Balaban J connectivity index is 2.46. The van der Waals surface area contributed by atoms with Gasteiger partial charge in [0.2, 0.25) is 0 Å². The summed E-state index contributed by atoms with van der Waals surface area (Å²) < 4.78 is 8.89. The van der Waals surface area contributed by atoms with Crippen molar-refractivity contribution in [3.05, 3.63) is 38.9 Å². The summed E-state index contributed by atoms with van der Waals surface area (Å²) in [6.45, 7) is 2.94. The van der Waals surface area contributed by atoms with Crippen LogP contribution in [0.4, 0.5) is 0 Å². The lowest BCUT2D eigenvalue weighted by molar-refractivity contribution is 0.518. The molecule has 0 aliphatic rings. The minimum absolute atomic E-state index is 0.0509. The molecule has 17 heavy (non-hydrogen) atoms. The van der Waals surface area contributed by atoms with Gasteiger partial charge in [-0.2, -0.15) is 5.10 Å². The number of rotatable bonds is 4. The lowest BCUT2D eigenvalue weighted by Crippen LogP contribution is -2.24. The van der Waals surface area contributed by atoms with Gasteiger partial charge in [0.1, 0.15) is 0 Å². The molecule has 6 heteroatoms. The molecule has 1 atom stereocenters. The Kier molecular flexibility index (Phi) is 4.06. The van der Waals surface area contributed by atoms with Crippen LogP contribution in [-0.4, -0.2) is 16.3 Å². The lowest BCUT2D eigenvalue weighted by Gasteiger charge is -2.18. The normalized spacial score (nSPS) is 12.9. The molecule has 2 rings (SSSR count). The summed E-state index contributed by atoms with van der Waals surface area (Å²) in [5.74, 6) is 0. The van der Waals surface area contributed by atoms with E-state index < -0.39 is 0 Å². The van der Waals surface area contributed by atoms with Crippen molar-refractivity contribution in [1.29, 1.82) is 0 Å². The van der Waals surface area contributed by atoms with Gasteiger partial charge < -0.3 is 9.73 Å². The molecule has 92 valence electrons. The molecule has 2 aromatic rings. The molecule has 2 aromatic heterocycles. The minimum atomic E-state index is 0.0509. The third-order valence-electron chi connectivity index (χ3n) is 2.58. The molecule has 0 spiro atoms. The van der Waals surface area contributed by atoms with Gasteiger partial charge >= 0.3 is 0 Å². The van der Waals surface area contributed by atoms with E-state index in [9.17, 15) is 0 Å². The van der Waals surface area contributed by atoms with Crippen molar-refractivity contribution in [1.82, 2.24) is 15.1 Å². The molecule has 1 unspecified atom stereocenters. The third-order valence-corrected chi connectivity index (χ3v) is 3.83. The van der Waals surface area contributed by atoms with E-state index in [4.69, 9.17) is 4.42 Å². The Morgan fingerprint density at radius 3 is 2.76 bits per heavy atom. The van der Waals surface area contributed by atoms with Crippen molar-refractivity contribution in [2.75, 3.05) is 6.54 Å². The molecule has 0 aliphatic heterocycles. The van der Waals surface area contributed by atoms with E-state index in [1.54, 1.807) is 12.5 Å². The second-order valence-electron chi connectivity index (χ2n) is 3.64. The molecule has 0 saturated heterocycles. The largest absolute Gasteiger partial charge is 0.457 e. The molecule has 0 aromatic carbocycles. The van der Waals surface area contributed by atoms with Crippen molar-refractivity contribution in [3.63, 3.8) is 0 Å².